The summed E-state index contributed by atoms with van der Waals surface area (Å²) in [7, 11) is 0. The number of halogens is 2. The Morgan fingerprint density at radius 3 is 1.46 bits per heavy atom. The molecule has 0 spiro atoms. The fourth-order valence-electron chi connectivity index (χ4n) is 2.92. The molecule has 0 atom stereocenters. The molecule has 4 aromatic rings. The summed E-state index contributed by atoms with van der Waals surface area (Å²) in [6.07, 6.45) is 0. The van der Waals surface area contributed by atoms with Crippen LogP contribution in [0.4, 0.5) is 0 Å². The molecule has 0 aliphatic heterocycles. The third kappa shape index (κ3) is 3.99. The van der Waals surface area contributed by atoms with Crippen molar-refractivity contribution in [2.75, 3.05) is 0 Å². The zero-order chi connectivity index (χ0) is 17.9. The van der Waals surface area contributed by atoms with E-state index < -0.39 is 0 Å². The zero-order valence-corrected chi connectivity index (χ0v) is 18.2. The van der Waals surface area contributed by atoms with Crippen molar-refractivity contribution >= 4 is 45.2 Å². The SMILES string of the molecule is Ic1cccc(-c2cc(-c3ccccc3)cc(-c3cccc(I)c3)n2)c1. The summed E-state index contributed by atoms with van der Waals surface area (Å²) in [5.41, 5.74) is 6.66. The molecule has 0 N–H and O–H groups in total. The molecule has 0 bridgehead atoms. The molecule has 4 rings (SSSR count). The van der Waals surface area contributed by atoms with Crippen LogP contribution < -0.4 is 0 Å². The van der Waals surface area contributed by atoms with Crippen LogP contribution in [0.15, 0.2) is 91.0 Å². The highest BCUT2D eigenvalue weighted by Crippen LogP contribution is 2.31. The van der Waals surface area contributed by atoms with E-state index in [2.05, 4.69) is 130 Å². The Morgan fingerprint density at radius 2 is 0.962 bits per heavy atom. The monoisotopic (exact) mass is 559 g/mol. The van der Waals surface area contributed by atoms with Crippen molar-refractivity contribution in [1.82, 2.24) is 4.98 Å². The highest BCUT2D eigenvalue weighted by Gasteiger charge is 2.09. The van der Waals surface area contributed by atoms with Crippen LogP contribution in [0, 0.1) is 7.14 Å². The van der Waals surface area contributed by atoms with Crippen LogP contribution in [0.5, 0.6) is 0 Å². The summed E-state index contributed by atoms with van der Waals surface area (Å²) >= 11 is 4.70. The largest absolute Gasteiger partial charge is 0.248 e. The van der Waals surface area contributed by atoms with E-state index in [1.54, 1.807) is 0 Å². The van der Waals surface area contributed by atoms with E-state index in [4.69, 9.17) is 4.98 Å². The summed E-state index contributed by atoms with van der Waals surface area (Å²) in [4.78, 5) is 4.97. The van der Waals surface area contributed by atoms with Crippen LogP contribution in [0.2, 0.25) is 0 Å². The smallest absolute Gasteiger partial charge is 0.0716 e. The van der Waals surface area contributed by atoms with E-state index in [-0.39, 0.29) is 0 Å². The van der Waals surface area contributed by atoms with E-state index in [1.807, 2.05) is 6.07 Å². The normalized spacial score (nSPS) is 10.7. The topological polar surface area (TPSA) is 12.9 Å². The van der Waals surface area contributed by atoms with Gasteiger partial charge in [0.2, 0.25) is 0 Å². The molecule has 1 nitrogen and oxygen atoms in total. The van der Waals surface area contributed by atoms with Crippen molar-refractivity contribution in [2.24, 2.45) is 0 Å². The molecule has 3 aromatic carbocycles. The van der Waals surface area contributed by atoms with Gasteiger partial charge in [-0.15, -0.1) is 0 Å². The van der Waals surface area contributed by atoms with Gasteiger partial charge in [0.15, 0.2) is 0 Å². The van der Waals surface area contributed by atoms with E-state index in [0.29, 0.717) is 0 Å². The Kier molecular flexibility index (Phi) is 5.36. The van der Waals surface area contributed by atoms with Gasteiger partial charge in [0.1, 0.15) is 0 Å². The molecular weight excluding hydrogens is 544 g/mol. The van der Waals surface area contributed by atoms with Gasteiger partial charge in [0.05, 0.1) is 11.4 Å². The molecule has 126 valence electrons. The van der Waals surface area contributed by atoms with E-state index in [0.717, 1.165) is 22.5 Å². The molecule has 0 saturated heterocycles. The molecule has 26 heavy (non-hydrogen) atoms. The van der Waals surface area contributed by atoms with Crippen LogP contribution in [-0.4, -0.2) is 4.98 Å². The number of aromatic nitrogens is 1. The van der Waals surface area contributed by atoms with Crippen molar-refractivity contribution in [1.29, 1.82) is 0 Å². The molecule has 0 saturated carbocycles. The number of benzene rings is 3. The summed E-state index contributed by atoms with van der Waals surface area (Å²) in [6, 6.07) is 31.8. The van der Waals surface area contributed by atoms with Crippen molar-refractivity contribution in [3.05, 3.63) is 98.1 Å². The predicted molar refractivity (Wildman–Crippen MR) is 126 cm³/mol. The van der Waals surface area contributed by atoms with Gasteiger partial charge in [-0.3, -0.25) is 0 Å². The first-order chi connectivity index (χ1) is 12.7. The maximum atomic E-state index is 4.97. The maximum Gasteiger partial charge on any atom is 0.0716 e. The molecule has 3 heteroatoms. The Hall–Kier alpha value is -1.73. The van der Waals surface area contributed by atoms with Crippen LogP contribution in [0.3, 0.4) is 0 Å². The highest BCUT2D eigenvalue weighted by molar-refractivity contribution is 14.1. The molecule has 0 radical (unpaired) electrons. The fourth-order valence-corrected chi connectivity index (χ4v) is 4.01. The number of pyridine rings is 1. The Morgan fingerprint density at radius 1 is 0.462 bits per heavy atom. The van der Waals surface area contributed by atoms with Gasteiger partial charge in [0.25, 0.3) is 0 Å². The fraction of sp³-hybridized carbons (Fsp3) is 0. The number of hydrogen-bond donors (Lipinski definition) is 0. The summed E-state index contributed by atoms with van der Waals surface area (Å²) in [6.45, 7) is 0. The second kappa shape index (κ2) is 7.88. The third-order valence-electron chi connectivity index (χ3n) is 4.17. The molecule has 0 aliphatic carbocycles. The van der Waals surface area contributed by atoms with Crippen LogP contribution in [0.25, 0.3) is 33.6 Å². The quantitative estimate of drug-likeness (QED) is 0.241. The molecular formula is C23H15I2N. The van der Waals surface area contributed by atoms with Gasteiger partial charge in [-0.25, -0.2) is 4.98 Å². The first-order valence-electron chi connectivity index (χ1n) is 8.28. The van der Waals surface area contributed by atoms with Crippen LogP contribution >= 0.6 is 45.2 Å². The lowest BCUT2D eigenvalue weighted by Gasteiger charge is -2.11. The Balaban J connectivity index is 1.93. The first-order valence-corrected chi connectivity index (χ1v) is 10.4. The summed E-state index contributed by atoms with van der Waals surface area (Å²) in [5.74, 6) is 0. The second-order valence-corrected chi connectivity index (χ2v) is 8.50. The van der Waals surface area contributed by atoms with Crippen LogP contribution in [-0.2, 0) is 0 Å². The van der Waals surface area contributed by atoms with Gasteiger partial charge in [-0.2, -0.15) is 0 Å². The molecule has 1 aromatic heterocycles. The van der Waals surface area contributed by atoms with Crippen molar-refractivity contribution in [2.45, 2.75) is 0 Å². The second-order valence-electron chi connectivity index (χ2n) is 6.01. The number of hydrogen-bond acceptors (Lipinski definition) is 1. The number of nitrogens with zero attached hydrogens (tertiary/aromatic N) is 1. The van der Waals surface area contributed by atoms with Gasteiger partial charge < -0.3 is 0 Å². The molecule has 0 unspecified atom stereocenters. The maximum absolute atomic E-state index is 4.97. The lowest BCUT2D eigenvalue weighted by atomic mass is 10.00. The first kappa shape index (κ1) is 17.7. The zero-order valence-electron chi connectivity index (χ0n) is 13.9. The molecule has 0 fully saturated rings. The molecule has 1 heterocycles. The van der Waals surface area contributed by atoms with Crippen LogP contribution in [0.1, 0.15) is 0 Å². The van der Waals surface area contributed by atoms with Gasteiger partial charge in [0, 0.05) is 18.3 Å². The lowest BCUT2D eigenvalue weighted by molar-refractivity contribution is 1.32. The highest BCUT2D eigenvalue weighted by atomic mass is 127. The van der Waals surface area contributed by atoms with Crippen molar-refractivity contribution < 1.29 is 0 Å². The van der Waals surface area contributed by atoms with Gasteiger partial charge >= 0.3 is 0 Å². The lowest BCUT2D eigenvalue weighted by Crippen LogP contribution is -1.92. The average Bonchev–Trinajstić information content (AvgIpc) is 2.68. The van der Waals surface area contributed by atoms with Crippen molar-refractivity contribution in [3.8, 4) is 33.6 Å². The Labute approximate surface area is 180 Å². The van der Waals surface area contributed by atoms with Gasteiger partial charge in [-0.05, 0) is 92.7 Å². The average molecular weight is 559 g/mol. The third-order valence-corrected chi connectivity index (χ3v) is 5.52. The molecule has 0 amide bonds. The number of rotatable bonds is 3. The summed E-state index contributed by atoms with van der Waals surface area (Å²) in [5, 5.41) is 0. The van der Waals surface area contributed by atoms with E-state index in [1.165, 1.54) is 18.3 Å². The van der Waals surface area contributed by atoms with Gasteiger partial charge in [-0.1, -0.05) is 54.6 Å². The molecule has 0 aliphatic rings. The minimum absolute atomic E-state index is 0.999. The standard InChI is InChI=1S/C23H15I2N/c24-20-10-4-8-17(12-20)22-14-19(16-6-2-1-3-7-16)15-23(26-22)18-9-5-11-21(25)13-18/h1-15H. The van der Waals surface area contributed by atoms with E-state index in [9.17, 15) is 0 Å². The van der Waals surface area contributed by atoms with Crippen molar-refractivity contribution in [3.63, 3.8) is 0 Å². The van der Waals surface area contributed by atoms with E-state index >= 15 is 0 Å². The Bertz CT molecular complexity index is 995. The predicted octanol–water partition coefficient (Wildman–Crippen LogP) is 7.29. The summed E-state index contributed by atoms with van der Waals surface area (Å²) < 4.78 is 2.42. The minimum atomic E-state index is 0.999. The minimum Gasteiger partial charge on any atom is -0.248 e.